The van der Waals surface area contributed by atoms with E-state index < -0.39 is 10.0 Å². The van der Waals surface area contributed by atoms with Crippen molar-refractivity contribution in [1.29, 1.82) is 0 Å². The third-order valence-corrected chi connectivity index (χ3v) is 7.57. The van der Waals surface area contributed by atoms with Crippen LogP contribution in [0.25, 0.3) is 0 Å². The fourth-order valence-electron chi connectivity index (χ4n) is 3.37. The van der Waals surface area contributed by atoms with Gasteiger partial charge in [0, 0.05) is 12.6 Å². The monoisotopic (exact) mass is 393 g/mol. The Morgan fingerprint density at radius 2 is 1.96 bits per heavy atom. The van der Waals surface area contributed by atoms with Crippen molar-refractivity contribution in [3.63, 3.8) is 0 Å². The zero-order valence-electron chi connectivity index (χ0n) is 15.1. The van der Waals surface area contributed by atoms with Crippen LogP contribution in [0, 0.1) is 5.92 Å². The quantitative estimate of drug-likeness (QED) is 0.643. The van der Waals surface area contributed by atoms with Gasteiger partial charge in [0.25, 0.3) is 10.0 Å². The molecule has 5 nitrogen and oxygen atoms in total. The summed E-state index contributed by atoms with van der Waals surface area (Å²) in [5.74, 6) is 0.770. The van der Waals surface area contributed by atoms with Crippen molar-refractivity contribution in [1.82, 2.24) is 10.6 Å². The number of hydrogen-bond donors (Lipinski definition) is 3. The molecule has 2 aromatic rings. The van der Waals surface area contributed by atoms with Gasteiger partial charge in [-0.25, -0.2) is 8.42 Å². The Balaban J connectivity index is 1.60. The molecule has 1 aromatic heterocycles. The van der Waals surface area contributed by atoms with Gasteiger partial charge in [-0.05, 0) is 68.3 Å². The second-order valence-electron chi connectivity index (χ2n) is 6.91. The van der Waals surface area contributed by atoms with Crippen LogP contribution in [-0.2, 0) is 16.6 Å². The van der Waals surface area contributed by atoms with Gasteiger partial charge in [0.15, 0.2) is 0 Å². The Bertz CT molecular complexity index is 785. The van der Waals surface area contributed by atoms with Gasteiger partial charge in [-0.3, -0.25) is 4.72 Å². The molecule has 142 valence electrons. The minimum atomic E-state index is -3.52. The Kier molecular flexibility index (Phi) is 6.69. The molecule has 3 N–H and O–H groups in total. The summed E-state index contributed by atoms with van der Waals surface area (Å²) in [6.45, 7) is 5.09. The predicted octanol–water partition coefficient (Wildman–Crippen LogP) is 3.42. The number of sulfonamides is 1. The zero-order chi connectivity index (χ0) is 18.4. The Labute approximate surface area is 160 Å². The van der Waals surface area contributed by atoms with E-state index in [-0.39, 0.29) is 0 Å². The number of rotatable bonds is 8. The van der Waals surface area contributed by atoms with Crippen LogP contribution < -0.4 is 15.4 Å². The first-order valence-electron chi connectivity index (χ1n) is 9.13. The summed E-state index contributed by atoms with van der Waals surface area (Å²) in [6.07, 6.45) is 3.64. The van der Waals surface area contributed by atoms with Gasteiger partial charge in [0.2, 0.25) is 0 Å². The summed E-state index contributed by atoms with van der Waals surface area (Å²) >= 11 is 1.22. The Morgan fingerprint density at radius 3 is 2.69 bits per heavy atom. The smallest absolute Gasteiger partial charge is 0.271 e. The molecule has 1 aliphatic heterocycles. The molecule has 0 bridgehead atoms. The first-order chi connectivity index (χ1) is 12.5. The molecule has 3 rings (SSSR count). The van der Waals surface area contributed by atoms with Gasteiger partial charge in [-0.1, -0.05) is 24.3 Å². The molecule has 2 heterocycles. The third-order valence-electron chi connectivity index (χ3n) is 4.81. The number of thiophene rings is 1. The van der Waals surface area contributed by atoms with E-state index in [4.69, 9.17) is 0 Å². The highest BCUT2D eigenvalue weighted by Gasteiger charge is 2.18. The molecule has 1 saturated heterocycles. The number of benzene rings is 1. The second-order valence-corrected chi connectivity index (χ2v) is 9.76. The summed E-state index contributed by atoms with van der Waals surface area (Å²) in [5, 5.41) is 8.72. The highest BCUT2D eigenvalue weighted by molar-refractivity contribution is 7.94. The molecule has 1 aromatic carbocycles. The average Bonchev–Trinajstić information content (AvgIpc) is 3.17. The van der Waals surface area contributed by atoms with Crippen LogP contribution in [0.4, 0.5) is 5.69 Å². The molecular formula is C19H27N3O2S2. The number of nitrogens with one attached hydrogen (secondary N) is 3. The van der Waals surface area contributed by atoms with Crippen LogP contribution in [0.1, 0.15) is 31.7 Å². The lowest BCUT2D eigenvalue weighted by Gasteiger charge is -2.26. The fraction of sp³-hybridized carbons (Fsp3) is 0.474. The zero-order valence-corrected chi connectivity index (χ0v) is 16.7. The lowest BCUT2D eigenvalue weighted by Crippen LogP contribution is -2.33. The summed E-state index contributed by atoms with van der Waals surface area (Å²) in [4.78, 5) is 0. The lowest BCUT2D eigenvalue weighted by atomic mass is 9.91. The molecule has 1 aliphatic rings. The van der Waals surface area contributed by atoms with Gasteiger partial charge in [-0.2, -0.15) is 0 Å². The van der Waals surface area contributed by atoms with E-state index in [0.29, 0.717) is 22.5 Å². The first-order valence-corrected chi connectivity index (χ1v) is 11.5. The van der Waals surface area contributed by atoms with Crippen molar-refractivity contribution in [2.24, 2.45) is 5.92 Å². The highest BCUT2D eigenvalue weighted by atomic mass is 32.2. The van der Waals surface area contributed by atoms with E-state index in [0.717, 1.165) is 31.0 Å². The van der Waals surface area contributed by atoms with Gasteiger partial charge < -0.3 is 10.6 Å². The van der Waals surface area contributed by atoms with Crippen LogP contribution in [0.5, 0.6) is 0 Å². The van der Waals surface area contributed by atoms with E-state index in [1.807, 2.05) is 24.3 Å². The number of anilines is 1. The van der Waals surface area contributed by atoms with Gasteiger partial charge >= 0.3 is 0 Å². The third kappa shape index (κ3) is 5.30. The standard InChI is InChI=1S/C19H27N3O2S2/c1-15(13-16-8-10-20-11-9-16)21-14-17-5-2-3-6-18(17)22-26(23,24)19-7-4-12-25-19/h2-7,12,15-16,20-22H,8-11,13-14H2,1H3. The SMILES string of the molecule is CC(CC1CCNCC1)NCc1ccccc1NS(=O)(=O)c1cccs1. The van der Waals surface area contributed by atoms with Gasteiger partial charge in [-0.15, -0.1) is 11.3 Å². The maximum Gasteiger partial charge on any atom is 0.271 e. The summed E-state index contributed by atoms with van der Waals surface area (Å²) in [6, 6.07) is 11.4. The number of piperidine rings is 1. The van der Waals surface area contributed by atoms with E-state index in [1.165, 1.54) is 24.2 Å². The molecule has 0 spiro atoms. The summed E-state index contributed by atoms with van der Waals surface area (Å²) in [7, 11) is -3.52. The molecule has 1 unspecified atom stereocenters. The van der Waals surface area contributed by atoms with Crippen molar-refractivity contribution >= 4 is 27.0 Å². The number of hydrogen-bond acceptors (Lipinski definition) is 5. The predicted molar refractivity (Wildman–Crippen MR) is 108 cm³/mol. The van der Waals surface area contributed by atoms with Crippen LogP contribution in [0.3, 0.4) is 0 Å². The highest BCUT2D eigenvalue weighted by Crippen LogP contribution is 2.23. The van der Waals surface area contributed by atoms with Crippen molar-refractivity contribution in [2.45, 2.75) is 43.0 Å². The van der Waals surface area contributed by atoms with Crippen LogP contribution in [0.2, 0.25) is 0 Å². The van der Waals surface area contributed by atoms with E-state index in [2.05, 4.69) is 22.3 Å². The Hall–Kier alpha value is -1.41. The molecule has 1 atom stereocenters. The van der Waals surface area contributed by atoms with E-state index in [9.17, 15) is 8.42 Å². The summed E-state index contributed by atoms with van der Waals surface area (Å²) in [5.41, 5.74) is 1.60. The molecule has 26 heavy (non-hydrogen) atoms. The number of para-hydroxylation sites is 1. The van der Waals surface area contributed by atoms with Crippen molar-refractivity contribution in [3.8, 4) is 0 Å². The van der Waals surface area contributed by atoms with Crippen LogP contribution in [0.15, 0.2) is 46.0 Å². The minimum Gasteiger partial charge on any atom is -0.317 e. The molecule has 7 heteroatoms. The molecule has 1 fully saturated rings. The minimum absolute atomic E-state index is 0.333. The second kappa shape index (κ2) is 8.99. The van der Waals surface area contributed by atoms with E-state index in [1.54, 1.807) is 17.5 Å². The topological polar surface area (TPSA) is 70.2 Å². The summed E-state index contributed by atoms with van der Waals surface area (Å²) < 4.78 is 28.0. The normalized spacial score (nSPS) is 17.1. The molecule has 0 saturated carbocycles. The van der Waals surface area contributed by atoms with Gasteiger partial charge in [0.1, 0.15) is 4.21 Å². The van der Waals surface area contributed by atoms with Crippen molar-refractivity contribution < 1.29 is 8.42 Å². The van der Waals surface area contributed by atoms with Crippen LogP contribution >= 0.6 is 11.3 Å². The first kappa shape index (κ1) is 19.4. The lowest BCUT2D eigenvalue weighted by molar-refractivity contribution is 0.317. The average molecular weight is 394 g/mol. The Morgan fingerprint density at radius 1 is 1.19 bits per heavy atom. The molecule has 0 amide bonds. The van der Waals surface area contributed by atoms with Crippen molar-refractivity contribution in [2.75, 3.05) is 17.8 Å². The molecule has 0 radical (unpaired) electrons. The van der Waals surface area contributed by atoms with Crippen molar-refractivity contribution in [3.05, 3.63) is 47.3 Å². The fourth-order valence-corrected chi connectivity index (χ4v) is 5.46. The molecular weight excluding hydrogens is 366 g/mol. The van der Waals surface area contributed by atoms with Crippen LogP contribution in [-0.4, -0.2) is 27.5 Å². The van der Waals surface area contributed by atoms with E-state index >= 15 is 0 Å². The maximum absolute atomic E-state index is 12.5. The molecule has 0 aliphatic carbocycles. The maximum atomic E-state index is 12.5. The van der Waals surface area contributed by atoms with Gasteiger partial charge in [0.05, 0.1) is 5.69 Å². The largest absolute Gasteiger partial charge is 0.317 e.